The van der Waals surface area contributed by atoms with Crippen LogP contribution in [0.3, 0.4) is 0 Å². The smallest absolute Gasteiger partial charge is 0.416 e. The molecular formula is C19H24F3NO3. The van der Waals surface area contributed by atoms with Gasteiger partial charge in [-0.15, -0.1) is 0 Å². The lowest BCUT2D eigenvalue weighted by Gasteiger charge is -2.32. The van der Waals surface area contributed by atoms with Crippen molar-refractivity contribution in [3.8, 4) is 0 Å². The fourth-order valence-electron chi connectivity index (χ4n) is 3.35. The van der Waals surface area contributed by atoms with Gasteiger partial charge in [-0.2, -0.15) is 13.2 Å². The van der Waals surface area contributed by atoms with Crippen LogP contribution in [-0.2, 0) is 22.1 Å². The van der Waals surface area contributed by atoms with Gasteiger partial charge in [-0.1, -0.05) is 18.2 Å². The van der Waals surface area contributed by atoms with Gasteiger partial charge in [0.05, 0.1) is 5.56 Å². The Morgan fingerprint density at radius 3 is 2.38 bits per heavy atom. The normalized spacial score (nSPS) is 20.9. The number of nitrogens with zero attached hydrogens (tertiary/aromatic N) is 1. The zero-order valence-corrected chi connectivity index (χ0v) is 15.2. The number of aldehydes is 1. The van der Waals surface area contributed by atoms with Gasteiger partial charge in [-0.05, 0) is 51.7 Å². The van der Waals surface area contributed by atoms with Gasteiger partial charge >= 0.3 is 12.3 Å². The first-order valence-electron chi connectivity index (χ1n) is 8.63. The average Bonchev–Trinajstić information content (AvgIpc) is 2.88. The highest BCUT2D eigenvalue weighted by Gasteiger charge is 2.40. The van der Waals surface area contributed by atoms with Crippen molar-refractivity contribution < 1.29 is 27.5 Å². The third-order valence-corrected chi connectivity index (χ3v) is 4.37. The number of carbonyl (C=O) groups excluding carboxylic acids is 2. The number of alkyl halides is 3. The molecule has 1 saturated heterocycles. The van der Waals surface area contributed by atoms with Crippen LogP contribution in [0.1, 0.15) is 51.2 Å². The molecule has 0 radical (unpaired) electrons. The molecule has 144 valence electrons. The Morgan fingerprint density at radius 2 is 1.81 bits per heavy atom. The summed E-state index contributed by atoms with van der Waals surface area (Å²) in [4.78, 5) is 25.0. The molecule has 1 fully saturated rings. The second-order valence-corrected chi connectivity index (χ2v) is 7.53. The maximum atomic E-state index is 13.2. The zero-order valence-electron chi connectivity index (χ0n) is 15.2. The predicted molar refractivity (Wildman–Crippen MR) is 90.7 cm³/mol. The first-order chi connectivity index (χ1) is 12.0. The minimum atomic E-state index is -4.45. The second-order valence-electron chi connectivity index (χ2n) is 7.53. The summed E-state index contributed by atoms with van der Waals surface area (Å²) in [5.74, 6) is 0. The van der Waals surface area contributed by atoms with Crippen LogP contribution in [-0.4, -0.2) is 35.0 Å². The number of halogens is 3. The van der Waals surface area contributed by atoms with E-state index in [1.165, 1.54) is 17.0 Å². The van der Waals surface area contributed by atoms with Crippen LogP contribution in [0.2, 0.25) is 0 Å². The van der Waals surface area contributed by atoms with Crippen molar-refractivity contribution in [3.05, 3.63) is 35.4 Å². The molecule has 0 aliphatic carbocycles. The fourth-order valence-corrected chi connectivity index (χ4v) is 3.35. The molecule has 1 aliphatic rings. The zero-order chi connectivity index (χ0) is 19.5. The maximum absolute atomic E-state index is 13.2. The summed E-state index contributed by atoms with van der Waals surface area (Å²) >= 11 is 0. The van der Waals surface area contributed by atoms with Gasteiger partial charge in [-0.3, -0.25) is 0 Å². The highest BCUT2D eigenvalue weighted by Crippen LogP contribution is 2.35. The molecule has 4 nitrogen and oxygen atoms in total. The molecule has 7 heteroatoms. The Bertz CT molecular complexity index is 652. The minimum absolute atomic E-state index is 0.0737. The summed E-state index contributed by atoms with van der Waals surface area (Å²) in [5.41, 5.74) is -1.27. The molecule has 0 N–H and O–H groups in total. The molecule has 1 aromatic rings. The molecule has 0 spiro atoms. The lowest BCUT2D eigenvalue weighted by atomic mass is 9.98. The van der Waals surface area contributed by atoms with Crippen molar-refractivity contribution >= 4 is 12.4 Å². The van der Waals surface area contributed by atoms with E-state index in [1.807, 2.05) is 0 Å². The van der Waals surface area contributed by atoms with Crippen LogP contribution in [0.4, 0.5) is 18.0 Å². The third kappa shape index (κ3) is 4.99. The van der Waals surface area contributed by atoms with E-state index in [1.54, 1.807) is 26.8 Å². The molecule has 0 unspecified atom stereocenters. The van der Waals surface area contributed by atoms with E-state index in [9.17, 15) is 22.8 Å². The van der Waals surface area contributed by atoms with E-state index in [-0.39, 0.29) is 24.4 Å². The molecule has 26 heavy (non-hydrogen) atoms. The summed E-state index contributed by atoms with van der Waals surface area (Å²) in [7, 11) is 0. The van der Waals surface area contributed by atoms with E-state index >= 15 is 0 Å². The number of ether oxygens (including phenoxy) is 1. The van der Waals surface area contributed by atoms with Gasteiger partial charge in [0.2, 0.25) is 0 Å². The predicted octanol–water partition coefficient (Wildman–Crippen LogP) is 4.61. The van der Waals surface area contributed by atoms with Crippen LogP contribution in [0.25, 0.3) is 0 Å². The van der Waals surface area contributed by atoms with Crippen LogP contribution >= 0.6 is 0 Å². The van der Waals surface area contributed by atoms with Crippen molar-refractivity contribution in [2.75, 3.05) is 0 Å². The summed E-state index contributed by atoms with van der Waals surface area (Å²) < 4.78 is 45.2. The van der Waals surface area contributed by atoms with Crippen LogP contribution in [0.5, 0.6) is 0 Å². The Labute approximate surface area is 151 Å². The maximum Gasteiger partial charge on any atom is 0.416 e. The Balaban J connectivity index is 2.27. The number of carbonyl (C=O) groups is 2. The number of amides is 1. The third-order valence-electron chi connectivity index (χ3n) is 4.37. The largest absolute Gasteiger partial charge is 0.444 e. The molecule has 0 saturated carbocycles. The number of hydrogen-bond donors (Lipinski definition) is 0. The Kier molecular flexibility index (Phi) is 5.98. The average molecular weight is 371 g/mol. The number of rotatable bonds is 4. The van der Waals surface area contributed by atoms with Crippen LogP contribution < -0.4 is 0 Å². The van der Waals surface area contributed by atoms with E-state index < -0.39 is 29.5 Å². The van der Waals surface area contributed by atoms with Crippen molar-refractivity contribution in [1.29, 1.82) is 0 Å². The number of benzene rings is 1. The van der Waals surface area contributed by atoms with E-state index in [2.05, 4.69) is 0 Å². The summed E-state index contributed by atoms with van der Waals surface area (Å²) in [6, 6.07) is 4.61. The molecule has 0 bridgehead atoms. The number of hydrogen-bond acceptors (Lipinski definition) is 3. The highest BCUT2D eigenvalue weighted by molar-refractivity contribution is 5.70. The summed E-state index contributed by atoms with van der Waals surface area (Å²) in [6.45, 7) is 5.18. The van der Waals surface area contributed by atoms with Crippen molar-refractivity contribution in [2.24, 2.45) is 0 Å². The monoisotopic (exact) mass is 371 g/mol. The molecule has 1 amide bonds. The SMILES string of the molecule is CC(C)(C)OC(=O)N1[C@H](CC=O)CC[C@H]1Cc1ccccc1C(F)(F)F. The van der Waals surface area contributed by atoms with Crippen molar-refractivity contribution in [3.63, 3.8) is 0 Å². The molecule has 2 rings (SSSR count). The first kappa shape index (κ1) is 20.3. The fraction of sp³-hybridized carbons (Fsp3) is 0.579. The topological polar surface area (TPSA) is 46.6 Å². The van der Waals surface area contributed by atoms with Gasteiger partial charge in [0.1, 0.15) is 11.9 Å². The van der Waals surface area contributed by atoms with Gasteiger partial charge < -0.3 is 14.4 Å². The second kappa shape index (κ2) is 7.68. The molecular weight excluding hydrogens is 347 g/mol. The van der Waals surface area contributed by atoms with Gasteiger partial charge in [0.25, 0.3) is 0 Å². The quantitative estimate of drug-likeness (QED) is 0.727. The Hall–Kier alpha value is -2.05. The molecule has 1 heterocycles. The molecule has 1 aromatic carbocycles. The number of likely N-dealkylation sites (tertiary alicyclic amines) is 1. The van der Waals surface area contributed by atoms with Crippen LogP contribution in [0, 0.1) is 0 Å². The molecule has 0 aromatic heterocycles. The molecule has 1 aliphatic heterocycles. The lowest BCUT2D eigenvalue weighted by Crippen LogP contribution is -2.45. The van der Waals surface area contributed by atoms with Gasteiger partial charge in [0.15, 0.2) is 0 Å². The van der Waals surface area contributed by atoms with E-state index in [0.29, 0.717) is 12.8 Å². The first-order valence-corrected chi connectivity index (χ1v) is 8.63. The summed E-state index contributed by atoms with van der Waals surface area (Å²) in [6.07, 6.45) is -2.99. The Morgan fingerprint density at radius 1 is 1.19 bits per heavy atom. The standard InChI is InChI=1S/C19H24F3NO3/c1-18(2,3)26-17(25)23-14(10-11-24)8-9-15(23)12-13-6-4-5-7-16(13)19(20,21)22/h4-7,11,14-15H,8-10,12H2,1-3H3/t14-,15-/m0/s1. The summed E-state index contributed by atoms with van der Waals surface area (Å²) in [5, 5.41) is 0. The van der Waals surface area contributed by atoms with Crippen molar-refractivity contribution in [2.45, 2.75) is 70.3 Å². The minimum Gasteiger partial charge on any atom is -0.444 e. The van der Waals surface area contributed by atoms with Gasteiger partial charge in [-0.25, -0.2) is 4.79 Å². The van der Waals surface area contributed by atoms with E-state index in [4.69, 9.17) is 4.74 Å². The highest BCUT2D eigenvalue weighted by atomic mass is 19.4. The van der Waals surface area contributed by atoms with Gasteiger partial charge in [0, 0.05) is 18.5 Å². The van der Waals surface area contributed by atoms with Crippen molar-refractivity contribution in [1.82, 2.24) is 4.90 Å². The lowest BCUT2D eigenvalue weighted by molar-refractivity contribution is -0.138. The van der Waals surface area contributed by atoms with Crippen LogP contribution in [0.15, 0.2) is 24.3 Å². The van der Waals surface area contributed by atoms with E-state index in [0.717, 1.165) is 12.4 Å². The molecule has 2 atom stereocenters.